The Balaban J connectivity index is 1.95. The SMILES string of the molecule is N#CCCn1ncc2c1C(=Cc1ccccc1)CC2. The van der Waals surface area contributed by atoms with Crippen molar-refractivity contribution in [3.63, 3.8) is 0 Å². The van der Waals surface area contributed by atoms with Crippen LogP contribution in [0.2, 0.25) is 0 Å². The van der Waals surface area contributed by atoms with Gasteiger partial charge in [0.25, 0.3) is 0 Å². The van der Waals surface area contributed by atoms with E-state index in [0.717, 1.165) is 12.8 Å². The van der Waals surface area contributed by atoms with Gasteiger partial charge in [0.1, 0.15) is 0 Å². The Kier molecular flexibility index (Phi) is 3.16. The van der Waals surface area contributed by atoms with E-state index in [9.17, 15) is 0 Å². The van der Waals surface area contributed by atoms with Crippen molar-refractivity contribution < 1.29 is 0 Å². The number of hydrogen-bond acceptors (Lipinski definition) is 2. The number of nitriles is 1. The average Bonchev–Trinajstić information content (AvgIpc) is 3.01. The normalized spacial score (nSPS) is 15.4. The molecule has 0 N–H and O–H groups in total. The average molecular weight is 249 g/mol. The Bertz CT molecular complexity index is 644. The summed E-state index contributed by atoms with van der Waals surface area (Å²) in [5.74, 6) is 0. The molecular formula is C16H15N3. The highest BCUT2D eigenvalue weighted by Crippen LogP contribution is 2.33. The van der Waals surface area contributed by atoms with Crippen LogP contribution in [0.3, 0.4) is 0 Å². The standard InChI is InChI=1S/C16H15N3/c17-9-4-10-19-16-14(7-8-15(16)12-18-19)11-13-5-2-1-3-6-13/h1-3,5-6,11-12H,4,7-8,10H2. The Hall–Kier alpha value is -2.34. The monoisotopic (exact) mass is 249 g/mol. The maximum Gasteiger partial charge on any atom is 0.0674 e. The molecule has 0 fully saturated rings. The van der Waals surface area contributed by atoms with E-state index in [4.69, 9.17) is 5.26 Å². The van der Waals surface area contributed by atoms with Crippen LogP contribution >= 0.6 is 0 Å². The number of rotatable bonds is 3. The Morgan fingerprint density at radius 3 is 2.89 bits per heavy atom. The van der Waals surface area contributed by atoms with E-state index in [-0.39, 0.29) is 0 Å². The predicted octanol–water partition coefficient (Wildman–Crippen LogP) is 3.28. The van der Waals surface area contributed by atoms with Crippen LogP contribution in [0.5, 0.6) is 0 Å². The molecule has 94 valence electrons. The van der Waals surface area contributed by atoms with Crippen LogP contribution in [-0.2, 0) is 13.0 Å². The zero-order chi connectivity index (χ0) is 13.1. The van der Waals surface area contributed by atoms with Crippen LogP contribution in [0.4, 0.5) is 0 Å². The first-order chi connectivity index (χ1) is 9.38. The Morgan fingerprint density at radius 1 is 1.26 bits per heavy atom. The lowest BCUT2D eigenvalue weighted by Crippen LogP contribution is -2.03. The van der Waals surface area contributed by atoms with Crippen molar-refractivity contribution in [1.82, 2.24) is 9.78 Å². The molecule has 3 nitrogen and oxygen atoms in total. The maximum atomic E-state index is 8.71. The van der Waals surface area contributed by atoms with E-state index >= 15 is 0 Å². The van der Waals surface area contributed by atoms with Gasteiger partial charge in [0.15, 0.2) is 0 Å². The molecule has 0 aliphatic heterocycles. The second kappa shape index (κ2) is 5.11. The highest BCUT2D eigenvalue weighted by atomic mass is 15.3. The molecule has 3 heteroatoms. The second-order valence-corrected chi connectivity index (χ2v) is 4.73. The first-order valence-corrected chi connectivity index (χ1v) is 6.56. The number of allylic oxidation sites excluding steroid dienone is 1. The van der Waals surface area contributed by atoms with E-state index in [0.29, 0.717) is 13.0 Å². The molecule has 19 heavy (non-hydrogen) atoms. The lowest BCUT2D eigenvalue weighted by atomic mass is 10.1. The fourth-order valence-electron chi connectivity index (χ4n) is 2.58. The smallest absolute Gasteiger partial charge is 0.0674 e. The third kappa shape index (κ3) is 2.30. The van der Waals surface area contributed by atoms with E-state index in [2.05, 4.69) is 41.5 Å². The van der Waals surface area contributed by atoms with Crippen LogP contribution in [-0.4, -0.2) is 9.78 Å². The number of benzene rings is 1. The van der Waals surface area contributed by atoms with Crippen molar-refractivity contribution in [3.05, 3.63) is 53.3 Å². The molecule has 0 atom stereocenters. The van der Waals surface area contributed by atoms with Crippen molar-refractivity contribution in [1.29, 1.82) is 5.26 Å². The highest BCUT2D eigenvalue weighted by Gasteiger charge is 2.21. The van der Waals surface area contributed by atoms with Gasteiger partial charge < -0.3 is 0 Å². The topological polar surface area (TPSA) is 41.6 Å². The summed E-state index contributed by atoms with van der Waals surface area (Å²) in [6.07, 6.45) is 6.80. The number of fused-ring (bicyclic) bond motifs is 1. The van der Waals surface area contributed by atoms with Gasteiger partial charge in [-0.25, -0.2) is 0 Å². The first-order valence-electron chi connectivity index (χ1n) is 6.56. The highest BCUT2D eigenvalue weighted by molar-refractivity contribution is 5.83. The summed E-state index contributed by atoms with van der Waals surface area (Å²) >= 11 is 0. The molecule has 0 saturated carbocycles. The van der Waals surface area contributed by atoms with Gasteiger partial charge in [0, 0.05) is 0 Å². The quantitative estimate of drug-likeness (QED) is 0.837. The van der Waals surface area contributed by atoms with Crippen LogP contribution in [0.15, 0.2) is 36.5 Å². The third-order valence-corrected chi connectivity index (χ3v) is 3.46. The molecule has 1 heterocycles. The summed E-state index contributed by atoms with van der Waals surface area (Å²) in [7, 11) is 0. The number of nitrogens with zero attached hydrogens (tertiary/aromatic N) is 3. The van der Waals surface area contributed by atoms with Crippen molar-refractivity contribution in [3.8, 4) is 6.07 Å². The molecule has 1 aromatic heterocycles. The Morgan fingerprint density at radius 2 is 2.11 bits per heavy atom. The maximum absolute atomic E-state index is 8.71. The van der Waals surface area contributed by atoms with Gasteiger partial charge in [-0.05, 0) is 35.6 Å². The van der Waals surface area contributed by atoms with Crippen molar-refractivity contribution in [2.45, 2.75) is 25.8 Å². The molecule has 1 aliphatic rings. The molecule has 0 radical (unpaired) electrons. The summed E-state index contributed by atoms with van der Waals surface area (Å²) in [4.78, 5) is 0. The van der Waals surface area contributed by atoms with Gasteiger partial charge in [0.05, 0.1) is 30.9 Å². The third-order valence-electron chi connectivity index (χ3n) is 3.46. The Labute approximate surface area is 112 Å². The molecule has 0 amide bonds. The summed E-state index contributed by atoms with van der Waals surface area (Å²) in [6.45, 7) is 0.679. The zero-order valence-corrected chi connectivity index (χ0v) is 10.7. The van der Waals surface area contributed by atoms with Crippen LogP contribution in [0.25, 0.3) is 11.6 Å². The molecular weight excluding hydrogens is 234 g/mol. The molecule has 0 saturated heterocycles. The van der Waals surface area contributed by atoms with E-state index < -0.39 is 0 Å². The minimum Gasteiger partial charge on any atom is -0.264 e. The number of aryl methyl sites for hydroxylation is 2. The van der Waals surface area contributed by atoms with Crippen molar-refractivity contribution >= 4 is 11.6 Å². The molecule has 1 aromatic carbocycles. The van der Waals surface area contributed by atoms with Gasteiger partial charge in [-0.3, -0.25) is 4.68 Å². The van der Waals surface area contributed by atoms with E-state index in [1.165, 1.54) is 22.4 Å². The number of aromatic nitrogens is 2. The van der Waals surface area contributed by atoms with Gasteiger partial charge >= 0.3 is 0 Å². The van der Waals surface area contributed by atoms with Gasteiger partial charge in [-0.1, -0.05) is 30.3 Å². The summed E-state index contributed by atoms with van der Waals surface area (Å²) < 4.78 is 1.97. The lowest BCUT2D eigenvalue weighted by molar-refractivity contribution is 0.620. The van der Waals surface area contributed by atoms with Crippen LogP contribution in [0.1, 0.15) is 29.7 Å². The summed E-state index contributed by atoms with van der Waals surface area (Å²) in [5, 5.41) is 13.1. The summed E-state index contributed by atoms with van der Waals surface area (Å²) in [5.41, 5.74) is 5.08. The first kappa shape index (κ1) is 11.7. The van der Waals surface area contributed by atoms with Crippen molar-refractivity contribution in [2.75, 3.05) is 0 Å². The molecule has 3 rings (SSSR count). The van der Waals surface area contributed by atoms with E-state index in [1.807, 2.05) is 16.9 Å². The zero-order valence-electron chi connectivity index (χ0n) is 10.7. The molecule has 0 spiro atoms. The molecule has 2 aromatic rings. The van der Waals surface area contributed by atoms with Crippen LogP contribution < -0.4 is 0 Å². The van der Waals surface area contributed by atoms with E-state index in [1.54, 1.807) is 0 Å². The van der Waals surface area contributed by atoms with Crippen LogP contribution in [0, 0.1) is 11.3 Å². The minimum absolute atomic E-state index is 0.507. The van der Waals surface area contributed by atoms with Gasteiger partial charge in [-0.15, -0.1) is 0 Å². The fraction of sp³-hybridized carbons (Fsp3) is 0.250. The second-order valence-electron chi connectivity index (χ2n) is 4.73. The molecule has 0 unspecified atom stereocenters. The minimum atomic E-state index is 0.507. The number of hydrogen-bond donors (Lipinski definition) is 0. The predicted molar refractivity (Wildman–Crippen MR) is 75.1 cm³/mol. The largest absolute Gasteiger partial charge is 0.264 e. The molecule has 0 bridgehead atoms. The van der Waals surface area contributed by atoms with Gasteiger partial charge in [0.2, 0.25) is 0 Å². The lowest BCUT2D eigenvalue weighted by Gasteiger charge is -2.05. The fourth-order valence-corrected chi connectivity index (χ4v) is 2.58. The van der Waals surface area contributed by atoms with Gasteiger partial charge in [-0.2, -0.15) is 10.4 Å². The molecule has 1 aliphatic carbocycles. The summed E-state index contributed by atoms with van der Waals surface area (Å²) in [6, 6.07) is 12.5. The van der Waals surface area contributed by atoms with Crippen molar-refractivity contribution in [2.24, 2.45) is 0 Å².